The molecule has 0 bridgehead atoms. The molecule has 0 aliphatic carbocycles. The van der Waals surface area contributed by atoms with Gasteiger partial charge in [-0.1, -0.05) is 18.2 Å². The third-order valence-corrected chi connectivity index (χ3v) is 5.00. The number of hydrogen-bond acceptors (Lipinski definition) is 8. The number of phenolic OH excluding ortho intramolecular Hbond substituents is 1. The number of non-ortho nitro benzene ring substituents is 1. The smallest absolute Gasteiger partial charge is 0.335 e. The Bertz CT molecular complexity index is 1200. The molecule has 0 heterocycles. The molecule has 0 aliphatic heterocycles. The first kappa shape index (κ1) is 23.2. The molecule has 2 unspecified atom stereocenters. The number of aromatic hydroxyl groups is 1. The van der Waals surface area contributed by atoms with Crippen LogP contribution in [0.25, 0.3) is 0 Å². The summed E-state index contributed by atoms with van der Waals surface area (Å²) in [5, 5.41) is 54.9. The van der Waals surface area contributed by atoms with E-state index in [4.69, 9.17) is 5.11 Å². The minimum atomic E-state index is -1.22. The van der Waals surface area contributed by atoms with Crippen LogP contribution in [0.15, 0.2) is 66.7 Å². The first-order valence-electron chi connectivity index (χ1n) is 9.65. The number of hydrogen-bond donors (Lipinski definition) is 4. The molecule has 3 aromatic carbocycles. The summed E-state index contributed by atoms with van der Waals surface area (Å²) in [5.41, 5.74) is 0.507. The van der Waals surface area contributed by atoms with Crippen molar-refractivity contribution in [1.29, 1.82) is 0 Å². The van der Waals surface area contributed by atoms with E-state index in [1.54, 1.807) is 6.07 Å². The Morgan fingerprint density at radius 1 is 0.939 bits per heavy atom. The average Bonchev–Trinajstić information content (AvgIpc) is 2.79. The molecule has 4 N–H and O–H groups in total. The molecular formula is C22H19N3O8. The standard InChI is InChI=1S/C22H19N3O8/c26-20-9-6-15(11-19(20)25(32)33)21(27)12-18(14-2-1-3-17(10-14)24(30)31)23-16-7-4-13(5-8-16)22(28)29/h1-11,18,21,23,26-27H,12H2,(H,28,29). The van der Waals surface area contributed by atoms with Crippen LogP contribution in [0, 0.1) is 20.2 Å². The summed E-state index contributed by atoms with van der Waals surface area (Å²) >= 11 is 0. The van der Waals surface area contributed by atoms with E-state index < -0.39 is 39.4 Å². The molecule has 33 heavy (non-hydrogen) atoms. The summed E-state index contributed by atoms with van der Waals surface area (Å²) in [6, 6.07) is 14.4. The first-order chi connectivity index (χ1) is 15.7. The number of carbonyl (C=O) groups is 1. The lowest BCUT2D eigenvalue weighted by Gasteiger charge is -2.23. The molecule has 0 spiro atoms. The highest BCUT2D eigenvalue weighted by Gasteiger charge is 2.23. The number of benzene rings is 3. The van der Waals surface area contributed by atoms with E-state index in [1.807, 2.05) is 0 Å². The van der Waals surface area contributed by atoms with Crippen molar-refractivity contribution in [3.05, 3.63) is 104 Å². The molecule has 0 saturated carbocycles. The maximum absolute atomic E-state index is 11.2. The molecule has 3 rings (SSSR count). The Kier molecular flexibility index (Phi) is 6.84. The third kappa shape index (κ3) is 5.60. The van der Waals surface area contributed by atoms with E-state index in [9.17, 15) is 35.2 Å². The van der Waals surface area contributed by atoms with E-state index >= 15 is 0 Å². The van der Waals surface area contributed by atoms with Crippen LogP contribution < -0.4 is 5.32 Å². The van der Waals surface area contributed by atoms with Crippen LogP contribution in [0.1, 0.15) is 40.1 Å². The minimum Gasteiger partial charge on any atom is -0.502 e. The van der Waals surface area contributed by atoms with Gasteiger partial charge in [0.15, 0.2) is 5.75 Å². The van der Waals surface area contributed by atoms with E-state index in [0.717, 1.165) is 12.1 Å². The molecular weight excluding hydrogens is 434 g/mol. The minimum absolute atomic E-state index is 0.0379. The highest BCUT2D eigenvalue weighted by atomic mass is 16.6. The molecule has 0 fully saturated rings. The van der Waals surface area contributed by atoms with Crippen LogP contribution in [0.4, 0.5) is 17.1 Å². The van der Waals surface area contributed by atoms with Crippen LogP contribution in [0.3, 0.4) is 0 Å². The second-order valence-corrected chi connectivity index (χ2v) is 7.19. The molecule has 0 aliphatic rings. The van der Waals surface area contributed by atoms with Crippen LogP contribution in [-0.2, 0) is 0 Å². The van der Waals surface area contributed by atoms with E-state index in [1.165, 1.54) is 48.5 Å². The van der Waals surface area contributed by atoms with Gasteiger partial charge in [0, 0.05) is 30.3 Å². The number of aliphatic hydroxyl groups is 1. The lowest BCUT2D eigenvalue weighted by molar-refractivity contribution is -0.386. The quantitative estimate of drug-likeness (QED) is 0.273. The van der Waals surface area contributed by atoms with Crippen LogP contribution in [0.2, 0.25) is 0 Å². The highest BCUT2D eigenvalue weighted by molar-refractivity contribution is 5.88. The Hall–Kier alpha value is -4.51. The fraction of sp³-hybridized carbons (Fsp3) is 0.136. The van der Waals surface area contributed by atoms with E-state index in [-0.39, 0.29) is 23.2 Å². The predicted octanol–water partition coefficient (Wildman–Crippen LogP) is 4.18. The molecule has 2 atom stereocenters. The normalized spacial score (nSPS) is 12.5. The number of nitro benzene ring substituents is 2. The van der Waals surface area contributed by atoms with Crippen molar-refractivity contribution in [3.63, 3.8) is 0 Å². The number of aliphatic hydroxyl groups excluding tert-OH is 1. The van der Waals surface area contributed by atoms with Gasteiger partial charge in [-0.3, -0.25) is 20.2 Å². The van der Waals surface area contributed by atoms with Crippen molar-refractivity contribution in [1.82, 2.24) is 0 Å². The van der Waals surface area contributed by atoms with Gasteiger partial charge in [-0.25, -0.2) is 4.79 Å². The molecule has 3 aromatic rings. The largest absolute Gasteiger partial charge is 0.502 e. The average molecular weight is 453 g/mol. The zero-order valence-electron chi connectivity index (χ0n) is 17.0. The van der Waals surface area contributed by atoms with Gasteiger partial charge in [0.2, 0.25) is 0 Å². The van der Waals surface area contributed by atoms with Gasteiger partial charge in [-0.2, -0.15) is 0 Å². The third-order valence-electron chi connectivity index (χ3n) is 5.00. The van der Waals surface area contributed by atoms with E-state index in [0.29, 0.717) is 11.3 Å². The van der Waals surface area contributed by atoms with Crippen LogP contribution in [-0.4, -0.2) is 31.1 Å². The van der Waals surface area contributed by atoms with Gasteiger partial charge in [0.1, 0.15) is 0 Å². The number of rotatable bonds is 9. The molecule has 170 valence electrons. The van der Waals surface area contributed by atoms with Crippen molar-refractivity contribution in [2.45, 2.75) is 18.6 Å². The number of carboxylic acid groups (broad SMARTS) is 1. The Morgan fingerprint density at radius 3 is 2.24 bits per heavy atom. The van der Waals surface area contributed by atoms with Crippen molar-refractivity contribution in [3.8, 4) is 5.75 Å². The number of nitro groups is 2. The second-order valence-electron chi connectivity index (χ2n) is 7.19. The summed E-state index contributed by atoms with van der Waals surface area (Å²) < 4.78 is 0. The molecule has 11 heteroatoms. The van der Waals surface area contributed by atoms with Crippen LogP contribution >= 0.6 is 0 Å². The van der Waals surface area contributed by atoms with Gasteiger partial charge in [0.05, 0.1) is 27.6 Å². The summed E-state index contributed by atoms with van der Waals surface area (Å²) in [4.78, 5) is 32.1. The van der Waals surface area contributed by atoms with Crippen molar-refractivity contribution >= 4 is 23.0 Å². The first-order valence-corrected chi connectivity index (χ1v) is 9.65. The zero-order chi connectivity index (χ0) is 24.1. The fourth-order valence-electron chi connectivity index (χ4n) is 3.30. The highest BCUT2D eigenvalue weighted by Crippen LogP contribution is 2.34. The summed E-state index contributed by atoms with van der Waals surface area (Å²) in [7, 11) is 0. The number of aromatic carboxylic acids is 1. The van der Waals surface area contributed by atoms with Crippen molar-refractivity contribution < 1.29 is 30.0 Å². The number of carboxylic acids is 1. The van der Waals surface area contributed by atoms with Gasteiger partial charge in [-0.15, -0.1) is 0 Å². The number of nitrogens with zero attached hydrogens (tertiary/aromatic N) is 2. The molecule has 0 radical (unpaired) electrons. The molecule has 11 nitrogen and oxygen atoms in total. The van der Waals surface area contributed by atoms with Crippen LogP contribution in [0.5, 0.6) is 5.75 Å². The number of nitrogens with one attached hydrogen (secondary N) is 1. The summed E-state index contributed by atoms with van der Waals surface area (Å²) in [6.07, 6.45) is -1.26. The zero-order valence-corrected chi connectivity index (χ0v) is 17.0. The fourth-order valence-corrected chi connectivity index (χ4v) is 3.30. The second kappa shape index (κ2) is 9.75. The monoisotopic (exact) mass is 453 g/mol. The van der Waals surface area contributed by atoms with Crippen molar-refractivity contribution in [2.75, 3.05) is 5.32 Å². The number of phenols is 1. The lowest BCUT2D eigenvalue weighted by Crippen LogP contribution is -2.15. The Balaban J connectivity index is 1.93. The maximum Gasteiger partial charge on any atom is 0.335 e. The lowest BCUT2D eigenvalue weighted by atomic mass is 9.95. The number of anilines is 1. The Labute approximate surface area is 186 Å². The van der Waals surface area contributed by atoms with Gasteiger partial charge in [0.25, 0.3) is 5.69 Å². The van der Waals surface area contributed by atoms with Gasteiger partial charge in [-0.05, 0) is 41.5 Å². The maximum atomic E-state index is 11.2. The topological polar surface area (TPSA) is 176 Å². The Morgan fingerprint density at radius 2 is 1.64 bits per heavy atom. The summed E-state index contributed by atoms with van der Waals surface area (Å²) in [6.45, 7) is 0. The predicted molar refractivity (Wildman–Crippen MR) is 117 cm³/mol. The molecule has 0 aromatic heterocycles. The van der Waals surface area contributed by atoms with Gasteiger partial charge < -0.3 is 20.6 Å². The molecule has 0 amide bonds. The van der Waals surface area contributed by atoms with Crippen molar-refractivity contribution in [2.24, 2.45) is 0 Å². The van der Waals surface area contributed by atoms with Gasteiger partial charge >= 0.3 is 11.7 Å². The van der Waals surface area contributed by atoms with E-state index in [2.05, 4.69) is 5.32 Å². The SMILES string of the molecule is O=C(O)c1ccc(NC(CC(O)c2ccc(O)c([N+](=O)[O-])c2)c2cccc([N+](=O)[O-])c2)cc1. The molecule has 0 saturated heterocycles. The summed E-state index contributed by atoms with van der Waals surface area (Å²) in [5.74, 6) is -1.64.